The molecule has 1 aliphatic heterocycles. The number of carbonyl (C=O) groups excluding carboxylic acids is 1. The molecule has 4 aromatic rings. The molecule has 1 atom stereocenters. The molecule has 0 saturated carbocycles. The largest absolute Gasteiger partial charge is 0.495 e. The van der Waals surface area contributed by atoms with Crippen LogP contribution in [0.5, 0.6) is 5.75 Å². The van der Waals surface area contributed by atoms with Crippen LogP contribution in [0.3, 0.4) is 0 Å². The Bertz CT molecular complexity index is 1520. The number of ether oxygens (including phenoxy) is 1. The molecule has 5 rings (SSSR count). The lowest BCUT2D eigenvalue weighted by Gasteiger charge is -2.29. The van der Waals surface area contributed by atoms with E-state index < -0.39 is 6.04 Å². The lowest BCUT2D eigenvalue weighted by molar-refractivity contribution is -0.113. The Morgan fingerprint density at radius 1 is 1.03 bits per heavy atom. The van der Waals surface area contributed by atoms with Crippen molar-refractivity contribution in [3.05, 3.63) is 98.6 Å². The lowest BCUT2D eigenvalue weighted by Crippen LogP contribution is -2.31. The molecule has 0 radical (unpaired) electrons. The first-order valence-corrected chi connectivity index (χ1v) is 12.1. The molecule has 1 amide bonds. The molecule has 0 fully saturated rings. The molecular weight excluding hydrogens is 521 g/mol. The second-order valence-corrected chi connectivity index (χ2v) is 9.32. The number of para-hydroxylation sites is 2. The van der Waals surface area contributed by atoms with Gasteiger partial charge in [0.2, 0.25) is 5.95 Å². The van der Waals surface area contributed by atoms with Crippen molar-refractivity contribution >= 4 is 52.3 Å². The number of aromatic nitrogens is 3. The quantitative estimate of drug-likeness (QED) is 0.290. The topological polar surface area (TPSA) is 81.1 Å². The Kier molecular flexibility index (Phi) is 6.62. The number of methoxy groups -OCH3 is 1. The maximum Gasteiger partial charge on any atom is 0.255 e. The molecule has 0 saturated heterocycles. The number of rotatable bonds is 5. The van der Waals surface area contributed by atoms with Crippen molar-refractivity contribution in [3.63, 3.8) is 0 Å². The number of halogens is 3. The standard InChI is InChI=1S/C26H20Cl3N5O2/c1-14-22(25(35)31-20-9-5-6-10-21(20)36-2)23(16-12-11-15(27)13-19(16)29)34-26(30-14)32-24(33-34)17-7-3-4-8-18(17)28/h3-13,23H,1-2H3,(H,31,35)(H,30,32,33). The zero-order valence-corrected chi connectivity index (χ0v) is 21.5. The molecule has 1 aromatic heterocycles. The van der Waals surface area contributed by atoms with E-state index in [2.05, 4.69) is 15.6 Å². The number of anilines is 2. The highest BCUT2D eigenvalue weighted by atomic mass is 35.5. The van der Waals surface area contributed by atoms with E-state index in [-0.39, 0.29) is 5.91 Å². The molecule has 0 spiro atoms. The van der Waals surface area contributed by atoms with Crippen LogP contribution in [-0.2, 0) is 4.79 Å². The van der Waals surface area contributed by atoms with E-state index in [1.54, 1.807) is 55.1 Å². The van der Waals surface area contributed by atoms with Gasteiger partial charge in [0.05, 0.1) is 23.4 Å². The normalized spacial score (nSPS) is 14.8. The number of fused-ring (bicyclic) bond motifs is 1. The summed E-state index contributed by atoms with van der Waals surface area (Å²) in [6.45, 7) is 1.81. The molecule has 1 aliphatic rings. The summed E-state index contributed by atoms with van der Waals surface area (Å²) in [5.74, 6) is 1.06. The number of amides is 1. The summed E-state index contributed by atoms with van der Waals surface area (Å²) in [4.78, 5) is 18.4. The van der Waals surface area contributed by atoms with Crippen LogP contribution < -0.4 is 15.4 Å². The summed E-state index contributed by atoms with van der Waals surface area (Å²) in [5, 5.41) is 12.3. The number of hydrogen-bond acceptors (Lipinski definition) is 5. The minimum Gasteiger partial charge on any atom is -0.495 e. The van der Waals surface area contributed by atoms with Crippen LogP contribution >= 0.6 is 34.8 Å². The molecule has 10 heteroatoms. The predicted octanol–water partition coefficient (Wildman–Crippen LogP) is 6.84. The van der Waals surface area contributed by atoms with Crippen LogP contribution in [0.25, 0.3) is 11.4 Å². The molecule has 3 aromatic carbocycles. The van der Waals surface area contributed by atoms with Gasteiger partial charge in [-0.15, -0.1) is 5.10 Å². The van der Waals surface area contributed by atoms with E-state index in [9.17, 15) is 4.79 Å². The van der Waals surface area contributed by atoms with Crippen LogP contribution in [0.2, 0.25) is 15.1 Å². The molecule has 2 heterocycles. The Balaban J connectivity index is 1.64. The van der Waals surface area contributed by atoms with Crippen molar-refractivity contribution in [2.24, 2.45) is 0 Å². The average Bonchev–Trinajstić information content (AvgIpc) is 3.27. The fourth-order valence-electron chi connectivity index (χ4n) is 4.15. The molecule has 7 nitrogen and oxygen atoms in total. The monoisotopic (exact) mass is 539 g/mol. The highest BCUT2D eigenvalue weighted by molar-refractivity contribution is 6.35. The zero-order valence-electron chi connectivity index (χ0n) is 19.2. The van der Waals surface area contributed by atoms with Gasteiger partial charge in [-0.05, 0) is 43.3 Å². The Morgan fingerprint density at radius 2 is 1.78 bits per heavy atom. The summed E-state index contributed by atoms with van der Waals surface area (Å²) >= 11 is 19.2. The summed E-state index contributed by atoms with van der Waals surface area (Å²) in [7, 11) is 1.55. The molecule has 36 heavy (non-hydrogen) atoms. The SMILES string of the molecule is COc1ccccc1NC(=O)C1=C(C)Nc2nc(-c3ccccc3Cl)nn2C1c1ccc(Cl)cc1Cl. The lowest BCUT2D eigenvalue weighted by atomic mass is 9.95. The first-order valence-electron chi connectivity index (χ1n) is 11.0. The van der Waals surface area contributed by atoms with Crippen LogP contribution in [0.4, 0.5) is 11.6 Å². The first kappa shape index (κ1) is 24.2. The third-order valence-corrected chi connectivity index (χ3v) is 6.72. The Morgan fingerprint density at radius 3 is 2.53 bits per heavy atom. The molecule has 0 bridgehead atoms. The van der Waals surface area contributed by atoms with E-state index in [0.717, 1.165) is 0 Å². The minimum atomic E-state index is -0.690. The summed E-state index contributed by atoms with van der Waals surface area (Å²) < 4.78 is 7.04. The minimum absolute atomic E-state index is 0.346. The predicted molar refractivity (Wildman–Crippen MR) is 143 cm³/mol. The van der Waals surface area contributed by atoms with Gasteiger partial charge in [-0.1, -0.05) is 65.1 Å². The maximum atomic E-state index is 13.7. The van der Waals surface area contributed by atoms with Crippen molar-refractivity contribution in [2.75, 3.05) is 17.7 Å². The Labute approximate surface area is 222 Å². The number of benzene rings is 3. The molecule has 1 unspecified atom stereocenters. The van der Waals surface area contributed by atoms with Crippen LogP contribution in [-0.4, -0.2) is 27.8 Å². The second-order valence-electron chi connectivity index (χ2n) is 8.07. The molecule has 182 valence electrons. The number of nitrogens with one attached hydrogen (secondary N) is 2. The molecule has 0 aliphatic carbocycles. The highest BCUT2D eigenvalue weighted by Gasteiger charge is 2.36. The second kappa shape index (κ2) is 9.85. The molecular formula is C26H20Cl3N5O2. The van der Waals surface area contributed by atoms with Gasteiger partial charge in [0.15, 0.2) is 5.82 Å². The van der Waals surface area contributed by atoms with Crippen molar-refractivity contribution in [3.8, 4) is 17.1 Å². The van der Waals surface area contributed by atoms with Gasteiger partial charge in [-0.3, -0.25) is 4.79 Å². The van der Waals surface area contributed by atoms with E-state index in [0.29, 0.717) is 60.7 Å². The van der Waals surface area contributed by atoms with Crippen molar-refractivity contribution in [1.82, 2.24) is 14.8 Å². The van der Waals surface area contributed by atoms with E-state index in [1.807, 2.05) is 30.3 Å². The van der Waals surface area contributed by atoms with Gasteiger partial charge >= 0.3 is 0 Å². The van der Waals surface area contributed by atoms with E-state index in [4.69, 9.17) is 44.6 Å². The van der Waals surface area contributed by atoms with E-state index >= 15 is 0 Å². The third kappa shape index (κ3) is 4.41. The van der Waals surface area contributed by atoms with Gasteiger partial charge < -0.3 is 15.4 Å². The zero-order chi connectivity index (χ0) is 25.4. The van der Waals surface area contributed by atoms with E-state index in [1.165, 1.54) is 0 Å². The summed E-state index contributed by atoms with van der Waals surface area (Å²) in [6.07, 6.45) is 0. The van der Waals surface area contributed by atoms with Crippen LogP contribution in [0.15, 0.2) is 78.0 Å². The number of carbonyl (C=O) groups is 1. The maximum absolute atomic E-state index is 13.7. The Hall–Kier alpha value is -3.52. The van der Waals surface area contributed by atoms with Crippen molar-refractivity contribution in [2.45, 2.75) is 13.0 Å². The van der Waals surface area contributed by atoms with Crippen LogP contribution in [0, 0.1) is 0 Å². The summed E-state index contributed by atoms with van der Waals surface area (Å²) in [5.41, 5.74) is 2.86. The first-order chi connectivity index (χ1) is 17.4. The van der Waals surface area contributed by atoms with Gasteiger partial charge in [0.1, 0.15) is 11.8 Å². The van der Waals surface area contributed by atoms with Gasteiger partial charge in [0, 0.05) is 26.9 Å². The highest BCUT2D eigenvalue weighted by Crippen LogP contribution is 2.41. The number of nitrogens with zero attached hydrogens (tertiary/aromatic N) is 3. The average molecular weight is 541 g/mol. The van der Waals surface area contributed by atoms with Gasteiger partial charge in [-0.2, -0.15) is 4.98 Å². The number of allylic oxidation sites excluding steroid dienone is 1. The smallest absolute Gasteiger partial charge is 0.255 e. The van der Waals surface area contributed by atoms with Gasteiger partial charge in [-0.25, -0.2) is 4.68 Å². The fraction of sp³-hybridized carbons (Fsp3) is 0.115. The van der Waals surface area contributed by atoms with Crippen LogP contribution in [0.1, 0.15) is 18.5 Å². The van der Waals surface area contributed by atoms with Crippen molar-refractivity contribution < 1.29 is 9.53 Å². The number of hydrogen-bond donors (Lipinski definition) is 2. The van der Waals surface area contributed by atoms with Crippen molar-refractivity contribution in [1.29, 1.82) is 0 Å². The third-order valence-electron chi connectivity index (χ3n) is 5.82. The van der Waals surface area contributed by atoms with Gasteiger partial charge in [0.25, 0.3) is 5.91 Å². The summed E-state index contributed by atoms with van der Waals surface area (Å²) in [6, 6.07) is 18.9. The fourth-order valence-corrected chi connectivity index (χ4v) is 4.88. The molecule has 2 N–H and O–H groups in total.